The lowest BCUT2D eigenvalue weighted by molar-refractivity contribution is -0.136. The molecule has 1 aromatic heterocycles. The molecule has 0 fully saturated rings. The zero-order valence-corrected chi connectivity index (χ0v) is 22.9. The van der Waals surface area contributed by atoms with Gasteiger partial charge in [-0.3, -0.25) is 9.36 Å². The van der Waals surface area contributed by atoms with Gasteiger partial charge in [0.25, 0.3) is 5.56 Å². The van der Waals surface area contributed by atoms with Gasteiger partial charge in [-0.25, -0.2) is 9.79 Å². The molecule has 1 aliphatic rings. The molecule has 1 aliphatic heterocycles. The van der Waals surface area contributed by atoms with Crippen LogP contribution in [-0.4, -0.2) is 17.6 Å². The van der Waals surface area contributed by atoms with Crippen molar-refractivity contribution in [1.82, 2.24) is 4.57 Å². The summed E-state index contributed by atoms with van der Waals surface area (Å²) in [5, 5.41) is 2.34. The summed E-state index contributed by atoms with van der Waals surface area (Å²) in [6.07, 6.45) is 1.83. The maximum Gasteiger partial charge on any atom is 0.338 e. The van der Waals surface area contributed by atoms with Crippen LogP contribution in [0.2, 0.25) is 0 Å². The van der Waals surface area contributed by atoms with E-state index in [2.05, 4.69) is 35.3 Å². The minimum absolute atomic E-state index is 0.226. The zero-order valence-electron chi connectivity index (χ0n) is 22.0. The minimum Gasteiger partial charge on any atom is -0.488 e. The summed E-state index contributed by atoms with van der Waals surface area (Å²) < 4.78 is 13.4. The van der Waals surface area contributed by atoms with Gasteiger partial charge in [-0.2, -0.15) is 0 Å². The molecule has 40 heavy (non-hydrogen) atoms. The van der Waals surface area contributed by atoms with Crippen molar-refractivity contribution in [1.29, 1.82) is 0 Å². The van der Waals surface area contributed by atoms with Gasteiger partial charge in [0.15, 0.2) is 4.80 Å². The van der Waals surface area contributed by atoms with E-state index in [1.807, 2.05) is 72.8 Å². The summed E-state index contributed by atoms with van der Waals surface area (Å²) in [7, 11) is 1.34. The number of rotatable bonds is 6. The number of ether oxygens (including phenoxy) is 2. The number of benzene rings is 4. The fourth-order valence-corrected chi connectivity index (χ4v) is 6.04. The number of hydrogen-bond donors (Lipinski definition) is 0. The molecule has 1 atom stereocenters. The Morgan fingerprint density at radius 1 is 0.950 bits per heavy atom. The molecule has 6 rings (SSSR count). The number of carbonyl (C=O) groups is 1. The van der Waals surface area contributed by atoms with Crippen LogP contribution < -0.4 is 19.6 Å². The molecule has 2 heterocycles. The Hall–Kier alpha value is -4.75. The lowest BCUT2D eigenvalue weighted by Gasteiger charge is -2.24. The number of nitrogens with zero attached hydrogens (tertiary/aromatic N) is 2. The predicted octanol–water partition coefficient (Wildman–Crippen LogP) is 5.14. The molecule has 0 saturated heterocycles. The third-order valence-electron chi connectivity index (χ3n) is 6.96. The van der Waals surface area contributed by atoms with Gasteiger partial charge in [0.2, 0.25) is 0 Å². The van der Waals surface area contributed by atoms with E-state index in [4.69, 9.17) is 9.47 Å². The minimum atomic E-state index is -0.633. The van der Waals surface area contributed by atoms with Crippen molar-refractivity contribution in [3.05, 3.63) is 145 Å². The molecule has 0 saturated carbocycles. The van der Waals surface area contributed by atoms with Crippen LogP contribution >= 0.6 is 11.3 Å². The maximum absolute atomic E-state index is 13.8. The van der Waals surface area contributed by atoms with Gasteiger partial charge < -0.3 is 9.47 Å². The Morgan fingerprint density at radius 2 is 1.68 bits per heavy atom. The van der Waals surface area contributed by atoms with E-state index in [1.165, 1.54) is 23.8 Å². The number of methoxy groups -OCH3 is 1. The van der Waals surface area contributed by atoms with Crippen molar-refractivity contribution in [2.75, 3.05) is 7.11 Å². The van der Waals surface area contributed by atoms with E-state index >= 15 is 0 Å². The molecule has 0 aliphatic carbocycles. The molecule has 0 spiro atoms. The number of esters is 1. The van der Waals surface area contributed by atoms with Crippen molar-refractivity contribution < 1.29 is 14.3 Å². The summed E-state index contributed by atoms with van der Waals surface area (Å²) in [5.41, 5.74) is 3.31. The van der Waals surface area contributed by atoms with Crippen LogP contribution in [0, 0.1) is 0 Å². The second kappa shape index (κ2) is 10.8. The normalized spacial score (nSPS) is 15.1. The first-order valence-corrected chi connectivity index (χ1v) is 13.7. The highest BCUT2D eigenvalue weighted by Crippen LogP contribution is 2.30. The number of allylic oxidation sites excluding steroid dienone is 1. The summed E-state index contributed by atoms with van der Waals surface area (Å²) in [6, 6.07) is 31.0. The van der Waals surface area contributed by atoms with Crippen LogP contribution in [0.5, 0.6) is 5.75 Å². The largest absolute Gasteiger partial charge is 0.488 e. The number of carbonyl (C=O) groups excluding carboxylic acids is 1. The standard InChI is InChI=1S/C33H26N2O4S/c1-21-29(32(37)38-2)30(24-11-4-3-5-12-24)35-31(36)28(40-33(35)34-21)19-26-14-8-9-15-27(26)39-20-22-16-17-23-10-6-7-13-25(23)18-22/h3-19,30H,20H2,1-2H3. The van der Waals surface area contributed by atoms with Gasteiger partial charge in [-0.15, -0.1) is 0 Å². The Balaban J connectivity index is 1.39. The van der Waals surface area contributed by atoms with Crippen molar-refractivity contribution in [2.45, 2.75) is 19.6 Å². The van der Waals surface area contributed by atoms with Crippen LogP contribution in [0.25, 0.3) is 16.8 Å². The summed E-state index contributed by atoms with van der Waals surface area (Å²) in [4.78, 5) is 31.8. The highest BCUT2D eigenvalue weighted by atomic mass is 32.1. The van der Waals surface area contributed by atoms with E-state index in [1.54, 1.807) is 11.5 Å². The molecule has 4 aromatic carbocycles. The van der Waals surface area contributed by atoms with Gasteiger partial charge in [0.1, 0.15) is 12.4 Å². The van der Waals surface area contributed by atoms with Gasteiger partial charge >= 0.3 is 5.97 Å². The fraction of sp³-hybridized carbons (Fsp3) is 0.121. The smallest absolute Gasteiger partial charge is 0.338 e. The third kappa shape index (κ3) is 4.76. The first kappa shape index (κ1) is 25.5. The second-order valence-electron chi connectivity index (χ2n) is 9.49. The molecule has 0 radical (unpaired) electrons. The van der Waals surface area contributed by atoms with E-state index in [-0.39, 0.29) is 5.56 Å². The zero-order chi connectivity index (χ0) is 27.6. The lowest BCUT2D eigenvalue weighted by Crippen LogP contribution is -2.39. The van der Waals surface area contributed by atoms with Crippen molar-refractivity contribution in [3.8, 4) is 5.75 Å². The Labute approximate surface area is 234 Å². The molecule has 0 bridgehead atoms. The molecule has 0 N–H and O–H groups in total. The molecule has 0 amide bonds. The quantitative estimate of drug-likeness (QED) is 0.277. The average Bonchev–Trinajstić information content (AvgIpc) is 3.29. The maximum atomic E-state index is 13.8. The number of hydrogen-bond acceptors (Lipinski definition) is 6. The average molecular weight is 547 g/mol. The molecule has 1 unspecified atom stereocenters. The van der Waals surface area contributed by atoms with Crippen LogP contribution in [0.3, 0.4) is 0 Å². The van der Waals surface area contributed by atoms with Gasteiger partial charge in [-0.05, 0) is 47.0 Å². The Morgan fingerprint density at radius 3 is 2.48 bits per heavy atom. The van der Waals surface area contributed by atoms with E-state index in [0.717, 1.165) is 22.1 Å². The highest BCUT2D eigenvalue weighted by molar-refractivity contribution is 7.07. The third-order valence-corrected chi connectivity index (χ3v) is 7.94. The summed E-state index contributed by atoms with van der Waals surface area (Å²) >= 11 is 1.29. The van der Waals surface area contributed by atoms with E-state index < -0.39 is 12.0 Å². The molecule has 7 heteroatoms. The van der Waals surface area contributed by atoms with E-state index in [0.29, 0.717) is 33.0 Å². The molecule has 5 aromatic rings. The molecule has 6 nitrogen and oxygen atoms in total. The van der Waals surface area contributed by atoms with Crippen molar-refractivity contribution >= 4 is 34.2 Å². The van der Waals surface area contributed by atoms with Crippen molar-refractivity contribution in [2.24, 2.45) is 4.99 Å². The lowest BCUT2D eigenvalue weighted by atomic mass is 9.96. The molecule has 198 valence electrons. The van der Waals surface area contributed by atoms with Crippen LogP contribution in [0.4, 0.5) is 0 Å². The topological polar surface area (TPSA) is 69.9 Å². The van der Waals surface area contributed by atoms with Crippen LogP contribution in [0.1, 0.15) is 29.7 Å². The Kier molecular flexibility index (Phi) is 6.88. The van der Waals surface area contributed by atoms with Crippen molar-refractivity contribution in [3.63, 3.8) is 0 Å². The van der Waals surface area contributed by atoms with Gasteiger partial charge in [0.05, 0.1) is 29.0 Å². The number of thiazole rings is 1. The highest BCUT2D eigenvalue weighted by Gasteiger charge is 2.32. The predicted molar refractivity (Wildman–Crippen MR) is 157 cm³/mol. The second-order valence-corrected chi connectivity index (χ2v) is 10.5. The molecular weight excluding hydrogens is 520 g/mol. The van der Waals surface area contributed by atoms with E-state index in [9.17, 15) is 9.59 Å². The number of fused-ring (bicyclic) bond motifs is 2. The molecular formula is C33H26N2O4S. The van der Waals surface area contributed by atoms with Crippen LogP contribution in [0.15, 0.2) is 118 Å². The first-order valence-electron chi connectivity index (χ1n) is 12.9. The van der Waals surface area contributed by atoms with Gasteiger partial charge in [-0.1, -0.05) is 96.3 Å². The fourth-order valence-electron chi connectivity index (χ4n) is 5.01. The van der Waals surface area contributed by atoms with Gasteiger partial charge in [0, 0.05) is 5.56 Å². The summed E-state index contributed by atoms with van der Waals surface area (Å²) in [6.45, 7) is 2.17. The summed E-state index contributed by atoms with van der Waals surface area (Å²) in [5.74, 6) is 0.171. The Bertz CT molecular complexity index is 1950. The number of aromatic nitrogens is 1. The first-order chi connectivity index (χ1) is 19.5. The number of para-hydroxylation sites is 1. The monoisotopic (exact) mass is 546 g/mol. The van der Waals surface area contributed by atoms with Crippen LogP contribution in [-0.2, 0) is 16.1 Å². The SMILES string of the molecule is COC(=O)C1=C(C)N=c2sc(=Cc3ccccc3OCc3ccc4ccccc4c3)c(=O)n2C1c1ccccc1.